The summed E-state index contributed by atoms with van der Waals surface area (Å²) in [4.78, 5) is 10.5. The Kier molecular flexibility index (Phi) is 15.8. The Hall–Kier alpha value is -1.70. The van der Waals surface area contributed by atoms with Gasteiger partial charge in [-0.3, -0.25) is 14.7 Å². The number of hydrogen-bond donors (Lipinski definition) is 0. The molecular formula is C34H48Cl3FN4. The summed E-state index contributed by atoms with van der Waals surface area (Å²) in [6.45, 7) is 15.6. The van der Waals surface area contributed by atoms with Gasteiger partial charge in [0.2, 0.25) is 0 Å². The van der Waals surface area contributed by atoms with Gasteiger partial charge in [-0.25, -0.2) is 4.39 Å². The molecule has 5 rings (SSSR count). The van der Waals surface area contributed by atoms with Crippen LogP contribution in [0.4, 0.5) is 4.39 Å². The molecule has 232 valence electrons. The van der Waals surface area contributed by atoms with Gasteiger partial charge in [0.1, 0.15) is 5.82 Å². The Morgan fingerprint density at radius 2 is 1.21 bits per heavy atom. The fourth-order valence-corrected chi connectivity index (χ4v) is 6.25. The normalized spacial score (nSPS) is 17.6. The Morgan fingerprint density at radius 1 is 0.643 bits per heavy atom. The maximum atomic E-state index is 13.7. The highest BCUT2D eigenvalue weighted by molar-refractivity contribution is 5.86. The van der Waals surface area contributed by atoms with Crippen LogP contribution in [0.25, 0.3) is 11.1 Å². The van der Waals surface area contributed by atoms with E-state index in [9.17, 15) is 4.39 Å². The molecule has 0 aliphatic carbocycles. The molecule has 0 saturated carbocycles. The zero-order valence-electron chi connectivity index (χ0n) is 25.0. The molecule has 0 radical (unpaired) electrons. The van der Waals surface area contributed by atoms with Gasteiger partial charge < -0.3 is 4.90 Å². The van der Waals surface area contributed by atoms with Gasteiger partial charge in [-0.15, -0.1) is 37.2 Å². The van der Waals surface area contributed by atoms with Crippen molar-refractivity contribution in [3.63, 3.8) is 0 Å². The minimum Gasteiger partial charge on any atom is -0.301 e. The highest BCUT2D eigenvalue weighted by Crippen LogP contribution is 2.26. The first-order chi connectivity index (χ1) is 19.1. The van der Waals surface area contributed by atoms with Crippen molar-refractivity contribution in [2.24, 2.45) is 0 Å². The summed E-state index contributed by atoms with van der Waals surface area (Å²) in [7, 11) is 0. The van der Waals surface area contributed by atoms with Gasteiger partial charge >= 0.3 is 0 Å². The molecule has 2 fully saturated rings. The number of piperazine rings is 2. The standard InChI is InChI=1S/C34H45FN4.3ClH/c1-28(2)38-23-25-39(26-24-38)34(31-14-16-32(35)17-15-31)27-37-21-19-36(20-22-37)18-8-12-30-11-6-7-13-33(30)29-9-4-3-5-10-29;;;/h3-7,9-11,13-17,28,34H,8,12,18-27H2,1-2H3;3*1H. The Labute approximate surface area is 271 Å². The Bertz CT molecular complexity index is 1150. The van der Waals surface area contributed by atoms with Gasteiger partial charge in [-0.1, -0.05) is 66.7 Å². The van der Waals surface area contributed by atoms with E-state index in [2.05, 4.69) is 88.0 Å². The summed E-state index contributed by atoms with van der Waals surface area (Å²) in [5, 5.41) is 0. The van der Waals surface area contributed by atoms with E-state index < -0.39 is 0 Å². The number of nitrogens with zero attached hydrogens (tertiary/aromatic N) is 4. The number of aryl methyl sites for hydroxylation is 1. The molecule has 3 aromatic rings. The van der Waals surface area contributed by atoms with Gasteiger partial charge in [-0.05, 0) is 67.6 Å². The van der Waals surface area contributed by atoms with Crippen molar-refractivity contribution >= 4 is 37.2 Å². The lowest BCUT2D eigenvalue weighted by Gasteiger charge is -2.43. The molecule has 0 bridgehead atoms. The lowest BCUT2D eigenvalue weighted by atomic mass is 9.96. The van der Waals surface area contributed by atoms with E-state index in [4.69, 9.17) is 0 Å². The number of halogens is 4. The molecular weight excluding hydrogens is 590 g/mol. The van der Waals surface area contributed by atoms with Gasteiger partial charge in [0.05, 0.1) is 0 Å². The van der Waals surface area contributed by atoms with Crippen molar-refractivity contribution in [3.05, 3.63) is 95.8 Å². The van der Waals surface area contributed by atoms with E-state index >= 15 is 0 Å². The molecule has 1 unspecified atom stereocenters. The van der Waals surface area contributed by atoms with Crippen LogP contribution in [0.2, 0.25) is 0 Å². The zero-order valence-corrected chi connectivity index (χ0v) is 27.5. The molecule has 42 heavy (non-hydrogen) atoms. The van der Waals surface area contributed by atoms with Crippen LogP contribution in [0.15, 0.2) is 78.9 Å². The summed E-state index contributed by atoms with van der Waals surface area (Å²) in [6, 6.07) is 27.8. The van der Waals surface area contributed by atoms with Crippen LogP contribution in [0.5, 0.6) is 0 Å². The van der Waals surface area contributed by atoms with Crippen LogP contribution in [0, 0.1) is 5.82 Å². The number of benzene rings is 3. The Morgan fingerprint density at radius 3 is 1.86 bits per heavy atom. The highest BCUT2D eigenvalue weighted by atomic mass is 35.5. The van der Waals surface area contributed by atoms with E-state index in [0.717, 1.165) is 71.9 Å². The monoisotopic (exact) mass is 636 g/mol. The van der Waals surface area contributed by atoms with Gasteiger partial charge in [-0.2, -0.15) is 0 Å². The molecule has 1 atom stereocenters. The molecule has 2 saturated heterocycles. The van der Waals surface area contributed by atoms with Crippen molar-refractivity contribution < 1.29 is 4.39 Å². The van der Waals surface area contributed by atoms with Crippen LogP contribution >= 0.6 is 37.2 Å². The second-order valence-corrected chi connectivity index (χ2v) is 11.5. The second kappa shape index (κ2) is 18.2. The predicted octanol–water partition coefficient (Wildman–Crippen LogP) is 7.08. The second-order valence-electron chi connectivity index (χ2n) is 11.5. The first-order valence-electron chi connectivity index (χ1n) is 14.9. The van der Waals surface area contributed by atoms with Crippen molar-refractivity contribution in [1.29, 1.82) is 0 Å². The van der Waals surface area contributed by atoms with Crippen molar-refractivity contribution in [2.75, 3.05) is 65.4 Å². The van der Waals surface area contributed by atoms with Crippen LogP contribution in [-0.4, -0.2) is 91.1 Å². The van der Waals surface area contributed by atoms with E-state index in [0.29, 0.717) is 12.1 Å². The average Bonchev–Trinajstić information content (AvgIpc) is 2.98. The van der Waals surface area contributed by atoms with E-state index in [1.54, 1.807) is 12.1 Å². The lowest BCUT2D eigenvalue weighted by molar-refractivity contribution is 0.0481. The third-order valence-electron chi connectivity index (χ3n) is 8.69. The number of rotatable bonds is 10. The fraction of sp³-hybridized carbons (Fsp3) is 0.471. The largest absolute Gasteiger partial charge is 0.301 e. The van der Waals surface area contributed by atoms with Crippen molar-refractivity contribution in [2.45, 2.75) is 38.8 Å². The summed E-state index contributed by atoms with van der Waals surface area (Å²) in [5.41, 5.74) is 5.36. The molecule has 0 aromatic heterocycles. The summed E-state index contributed by atoms with van der Waals surface area (Å²) in [5.74, 6) is -0.151. The highest BCUT2D eigenvalue weighted by Gasteiger charge is 2.29. The lowest BCUT2D eigenvalue weighted by Crippen LogP contribution is -2.53. The first kappa shape index (κ1) is 36.5. The van der Waals surface area contributed by atoms with Crippen LogP contribution in [0.1, 0.15) is 37.4 Å². The van der Waals surface area contributed by atoms with Gasteiger partial charge in [0.25, 0.3) is 0 Å². The number of hydrogen-bond acceptors (Lipinski definition) is 4. The molecule has 2 aliphatic heterocycles. The summed E-state index contributed by atoms with van der Waals surface area (Å²) in [6.07, 6.45) is 2.29. The van der Waals surface area contributed by atoms with E-state index in [1.807, 2.05) is 12.1 Å². The quantitative estimate of drug-likeness (QED) is 0.236. The predicted molar refractivity (Wildman–Crippen MR) is 182 cm³/mol. The molecule has 0 spiro atoms. The van der Waals surface area contributed by atoms with E-state index in [-0.39, 0.29) is 43.0 Å². The molecule has 2 aliphatic rings. The molecule has 2 heterocycles. The maximum absolute atomic E-state index is 13.7. The van der Waals surface area contributed by atoms with Gasteiger partial charge in [0, 0.05) is 71.0 Å². The SMILES string of the molecule is CC(C)N1CCN(C(CN2CCN(CCCc3ccccc3-c3ccccc3)CC2)c2ccc(F)cc2)CC1.Cl.Cl.Cl. The van der Waals surface area contributed by atoms with Gasteiger partial charge in [0.15, 0.2) is 0 Å². The van der Waals surface area contributed by atoms with E-state index in [1.165, 1.54) is 28.7 Å². The first-order valence-corrected chi connectivity index (χ1v) is 14.9. The van der Waals surface area contributed by atoms with Crippen LogP contribution in [-0.2, 0) is 6.42 Å². The molecule has 0 amide bonds. The van der Waals surface area contributed by atoms with Crippen molar-refractivity contribution in [1.82, 2.24) is 19.6 Å². The molecule has 3 aromatic carbocycles. The summed E-state index contributed by atoms with van der Waals surface area (Å²) < 4.78 is 13.7. The third-order valence-corrected chi connectivity index (χ3v) is 8.69. The zero-order chi connectivity index (χ0) is 27.0. The fourth-order valence-electron chi connectivity index (χ4n) is 6.25. The van der Waals surface area contributed by atoms with Crippen molar-refractivity contribution in [3.8, 4) is 11.1 Å². The maximum Gasteiger partial charge on any atom is 0.123 e. The topological polar surface area (TPSA) is 13.0 Å². The molecule has 4 nitrogen and oxygen atoms in total. The Balaban J connectivity index is 0.00000205. The smallest absolute Gasteiger partial charge is 0.123 e. The van der Waals surface area contributed by atoms with Crippen LogP contribution in [0.3, 0.4) is 0 Å². The average molecular weight is 638 g/mol. The minimum atomic E-state index is -0.151. The minimum absolute atomic E-state index is 0. The molecule has 8 heteroatoms. The molecule has 0 N–H and O–H groups in total. The third kappa shape index (κ3) is 9.92. The van der Waals surface area contributed by atoms with Crippen LogP contribution < -0.4 is 0 Å². The summed E-state index contributed by atoms with van der Waals surface area (Å²) >= 11 is 0.